The van der Waals surface area contributed by atoms with Crippen molar-refractivity contribution in [2.45, 2.75) is 43.8 Å². The highest BCUT2D eigenvalue weighted by Gasteiger charge is 2.37. The smallest absolute Gasteiger partial charge is 0.320 e. The summed E-state index contributed by atoms with van der Waals surface area (Å²) in [6, 6.07) is 7.82. The van der Waals surface area contributed by atoms with Crippen molar-refractivity contribution >= 4 is 16.7 Å². The van der Waals surface area contributed by atoms with Crippen LogP contribution in [0.3, 0.4) is 0 Å². The molecule has 0 saturated carbocycles. The van der Waals surface area contributed by atoms with E-state index in [2.05, 4.69) is 28.9 Å². The molecule has 4 aliphatic rings. The van der Waals surface area contributed by atoms with E-state index < -0.39 is 0 Å². The number of aromatic nitrogens is 4. The van der Waals surface area contributed by atoms with Crippen molar-refractivity contribution in [3.63, 3.8) is 0 Å². The Morgan fingerprint density at radius 1 is 0.838 bits per heavy atom. The average molecular weight is 507 g/mol. The van der Waals surface area contributed by atoms with Crippen LogP contribution in [0.2, 0.25) is 0 Å². The number of anilines is 1. The maximum atomic E-state index is 5.79. The van der Waals surface area contributed by atoms with Gasteiger partial charge in [0.1, 0.15) is 5.82 Å². The molecular formula is C27H34N6O4. The first-order valence-corrected chi connectivity index (χ1v) is 13.4. The van der Waals surface area contributed by atoms with Crippen LogP contribution in [0.25, 0.3) is 16.7 Å². The average Bonchev–Trinajstić information content (AvgIpc) is 3.29. The van der Waals surface area contributed by atoms with Crippen LogP contribution in [0.4, 0.5) is 5.82 Å². The zero-order valence-corrected chi connectivity index (χ0v) is 21.5. The number of ether oxygens (including phenoxy) is 4. The molecule has 6 heterocycles. The first kappa shape index (κ1) is 23.3. The highest BCUT2D eigenvalue weighted by molar-refractivity contribution is 5.82. The molecule has 0 amide bonds. The van der Waals surface area contributed by atoms with Gasteiger partial charge >= 0.3 is 6.01 Å². The van der Waals surface area contributed by atoms with Crippen LogP contribution in [0.5, 0.6) is 6.01 Å². The van der Waals surface area contributed by atoms with Crippen LogP contribution in [-0.4, -0.2) is 103 Å². The Balaban J connectivity index is 1.23. The van der Waals surface area contributed by atoms with E-state index in [0.29, 0.717) is 50.2 Å². The van der Waals surface area contributed by atoms with E-state index in [4.69, 9.17) is 34.0 Å². The van der Waals surface area contributed by atoms with Crippen LogP contribution < -0.4 is 9.64 Å². The van der Waals surface area contributed by atoms with Gasteiger partial charge < -0.3 is 23.8 Å². The van der Waals surface area contributed by atoms with Crippen LogP contribution in [0, 0.1) is 6.92 Å². The molecule has 4 saturated heterocycles. The van der Waals surface area contributed by atoms with Crippen LogP contribution in [0.15, 0.2) is 24.4 Å². The number of piperidine rings is 1. The van der Waals surface area contributed by atoms with Crippen molar-refractivity contribution in [2.75, 3.05) is 64.7 Å². The molecule has 1 aromatic carbocycles. The molecule has 0 N–H and O–H groups in total. The summed E-state index contributed by atoms with van der Waals surface area (Å²) < 4.78 is 24.5. The molecule has 10 heteroatoms. The van der Waals surface area contributed by atoms with Crippen LogP contribution in [-0.2, 0) is 14.2 Å². The molecule has 196 valence electrons. The van der Waals surface area contributed by atoms with Crippen LogP contribution >= 0.6 is 0 Å². The molecule has 4 aliphatic heterocycles. The van der Waals surface area contributed by atoms with E-state index in [1.807, 2.05) is 16.9 Å². The van der Waals surface area contributed by atoms with Gasteiger partial charge in [-0.1, -0.05) is 0 Å². The Kier molecular flexibility index (Phi) is 5.99. The van der Waals surface area contributed by atoms with Gasteiger partial charge in [-0.3, -0.25) is 4.90 Å². The summed E-state index contributed by atoms with van der Waals surface area (Å²) in [4.78, 5) is 14.3. The number of benzene rings is 1. The minimum atomic E-state index is 0.126. The maximum absolute atomic E-state index is 5.79. The fourth-order valence-electron chi connectivity index (χ4n) is 6.34. The zero-order valence-electron chi connectivity index (χ0n) is 21.5. The maximum Gasteiger partial charge on any atom is 0.320 e. The normalized spacial score (nSPS) is 25.4. The summed E-state index contributed by atoms with van der Waals surface area (Å²) in [6.07, 6.45) is 4.27. The summed E-state index contributed by atoms with van der Waals surface area (Å²) in [5.74, 6) is 2.08. The lowest BCUT2D eigenvalue weighted by atomic mass is 9.85. The lowest BCUT2D eigenvalue weighted by molar-refractivity contribution is -0.0712. The monoisotopic (exact) mass is 506 g/mol. The number of morpholine rings is 2. The Morgan fingerprint density at radius 3 is 2.14 bits per heavy atom. The lowest BCUT2D eigenvalue weighted by Gasteiger charge is -2.46. The van der Waals surface area contributed by atoms with Crippen molar-refractivity contribution < 1.29 is 18.9 Å². The second-order valence-electron chi connectivity index (χ2n) is 10.7. The van der Waals surface area contributed by atoms with E-state index in [0.717, 1.165) is 43.0 Å². The van der Waals surface area contributed by atoms with E-state index in [9.17, 15) is 0 Å². The Labute approximate surface area is 216 Å². The molecule has 0 unspecified atom stereocenters. The third-order valence-electron chi connectivity index (χ3n) is 8.43. The molecule has 3 aromatic rings. The predicted octanol–water partition coefficient (Wildman–Crippen LogP) is 2.31. The number of nitrogens with zero attached hydrogens (tertiary/aromatic N) is 6. The minimum Gasteiger partial charge on any atom is -0.467 e. The second-order valence-corrected chi connectivity index (χ2v) is 10.7. The largest absolute Gasteiger partial charge is 0.467 e. The standard InChI is InChI=1S/C27H34N6O4/c1-17-7-19-10-28-33(24(19)8-23(17)18-3-5-31(6-4-18)20-11-35-12-20)26-9-25(29-27(30-26)34-2)32-21-13-36-15-22(32)16-37-14-21/h7-10,18,20-22H,3-6,11-16H2,1-2H3. The minimum absolute atomic E-state index is 0.126. The summed E-state index contributed by atoms with van der Waals surface area (Å²) in [5, 5.41) is 5.87. The summed E-state index contributed by atoms with van der Waals surface area (Å²) in [7, 11) is 1.61. The molecule has 0 spiro atoms. The van der Waals surface area contributed by atoms with Gasteiger partial charge in [0.2, 0.25) is 0 Å². The van der Waals surface area contributed by atoms with E-state index in [-0.39, 0.29) is 12.1 Å². The van der Waals surface area contributed by atoms with Gasteiger partial charge in [-0.05, 0) is 62.0 Å². The number of hydrogen-bond acceptors (Lipinski definition) is 9. The molecular weight excluding hydrogens is 472 g/mol. The van der Waals surface area contributed by atoms with Gasteiger partial charge in [0, 0.05) is 11.5 Å². The Morgan fingerprint density at radius 2 is 1.49 bits per heavy atom. The molecule has 37 heavy (non-hydrogen) atoms. The fourth-order valence-corrected chi connectivity index (χ4v) is 6.34. The van der Waals surface area contributed by atoms with Crippen molar-refractivity contribution in [3.05, 3.63) is 35.5 Å². The molecule has 0 radical (unpaired) electrons. The number of fused-ring (bicyclic) bond motifs is 3. The molecule has 0 atom stereocenters. The van der Waals surface area contributed by atoms with Crippen molar-refractivity contribution in [2.24, 2.45) is 0 Å². The van der Waals surface area contributed by atoms with Gasteiger partial charge in [0.15, 0.2) is 5.82 Å². The SMILES string of the molecule is COc1nc(N2C3COCC2COC3)cc(-n2ncc3cc(C)c(C4CCN(C5COC5)CC4)cc32)n1. The van der Waals surface area contributed by atoms with Crippen molar-refractivity contribution in [1.29, 1.82) is 0 Å². The third-order valence-corrected chi connectivity index (χ3v) is 8.43. The van der Waals surface area contributed by atoms with E-state index >= 15 is 0 Å². The molecule has 0 aliphatic carbocycles. The zero-order chi connectivity index (χ0) is 24.9. The van der Waals surface area contributed by atoms with Crippen molar-refractivity contribution in [3.8, 4) is 11.8 Å². The van der Waals surface area contributed by atoms with Gasteiger partial charge in [-0.2, -0.15) is 15.1 Å². The van der Waals surface area contributed by atoms with Gasteiger partial charge in [-0.15, -0.1) is 0 Å². The first-order valence-electron chi connectivity index (χ1n) is 13.4. The van der Waals surface area contributed by atoms with Crippen LogP contribution in [0.1, 0.15) is 29.9 Å². The fraction of sp³-hybridized carbons (Fsp3) is 0.593. The lowest BCUT2D eigenvalue weighted by Crippen LogP contribution is -2.60. The quantitative estimate of drug-likeness (QED) is 0.517. The Hall–Kier alpha value is -2.79. The number of likely N-dealkylation sites (tertiary alicyclic amines) is 1. The summed E-state index contributed by atoms with van der Waals surface area (Å²) >= 11 is 0. The number of methoxy groups -OCH3 is 1. The summed E-state index contributed by atoms with van der Waals surface area (Å²) in [5.41, 5.74) is 3.81. The topological polar surface area (TPSA) is 87.0 Å². The third kappa shape index (κ3) is 4.16. The number of aryl methyl sites for hydroxylation is 1. The Bertz CT molecular complexity index is 1260. The molecule has 4 fully saturated rings. The van der Waals surface area contributed by atoms with Gasteiger partial charge in [-0.25, -0.2) is 4.68 Å². The summed E-state index contributed by atoms with van der Waals surface area (Å²) in [6.45, 7) is 8.76. The predicted molar refractivity (Wildman–Crippen MR) is 138 cm³/mol. The van der Waals surface area contributed by atoms with Gasteiger partial charge in [0.25, 0.3) is 0 Å². The molecule has 2 aromatic heterocycles. The molecule has 7 rings (SSSR count). The number of rotatable bonds is 5. The number of hydrogen-bond donors (Lipinski definition) is 0. The highest BCUT2D eigenvalue weighted by Crippen LogP contribution is 2.35. The molecule has 2 bridgehead atoms. The first-order chi connectivity index (χ1) is 18.2. The highest BCUT2D eigenvalue weighted by atomic mass is 16.5. The second kappa shape index (κ2) is 9.50. The van der Waals surface area contributed by atoms with E-state index in [1.54, 1.807) is 7.11 Å². The van der Waals surface area contributed by atoms with Gasteiger partial charge in [0.05, 0.1) is 76.6 Å². The van der Waals surface area contributed by atoms with E-state index in [1.165, 1.54) is 24.0 Å². The molecule has 10 nitrogen and oxygen atoms in total. The van der Waals surface area contributed by atoms with Crippen molar-refractivity contribution in [1.82, 2.24) is 24.6 Å².